The summed E-state index contributed by atoms with van der Waals surface area (Å²) in [5, 5.41) is 3.62. The molecule has 0 aliphatic heterocycles. The Labute approximate surface area is 120 Å². The average molecular weight is 273 g/mol. The lowest BCUT2D eigenvalue weighted by atomic mass is 9.96. The minimum atomic E-state index is 0.359. The molecule has 5 nitrogen and oxygen atoms in total. The van der Waals surface area contributed by atoms with Gasteiger partial charge in [0.05, 0.1) is 12.4 Å². The molecule has 0 radical (unpaired) electrons. The number of anilines is 1. The van der Waals surface area contributed by atoms with E-state index in [0.29, 0.717) is 12.1 Å². The Balaban J connectivity index is 1.65. The highest BCUT2D eigenvalue weighted by atomic mass is 15.2. The minimum Gasteiger partial charge on any atom is -0.353 e. The van der Waals surface area contributed by atoms with Crippen molar-refractivity contribution in [1.29, 1.82) is 0 Å². The van der Waals surface area contributed by atoms with Gasteiger partial charge in [-0.1, -0.05) is 19.3 Å². The summed E-state index contributed by atoms with van der Waals surface area (Å²) in [5.41, 5.74) is 0. The van der Waals surface area contributed by atoms with Gasteiger partial charge in [-0.15, -0.1) is 0 Å². The maximum Gasteiger partial charge on any atom is 0.203 e. The molecule has 5 heteroatoms. The van der Waals surface area contributed by atoms with Crippen molar-refractivity contribution in [2.75, 3.05) is 5.32 Å². The number of nitrogens with one attached hydrogen (secondary N) is 1. The monoisotopic (exact) mass is 273 g/mol. The van der Waals surface area contributed by atoms with Crippen LogP contribution in [-0.4, -0.2) is 25.1 Å². The van der Waals surface area contributed by atoms with Crippen molar-refractivity contribution < 1.29 is 0 Å². The van der Waals surface area contributed by atoms with E-state index < -0.39 is 0 Å². The quantitative estimate of drug-likeness (QED) is 0.910. The van der Waals surface area contributed by atoms with E-state index in [1.165, 1.54) is 32.1 Å². The first-order valence-electron chi connectivity index (χ1n) is 7.58. The predicted octanol–water partition coefficient (Wildman–Crippen LogP) is 3.09. The predicted molar refractivity (Wildman–Crippen MR) is 79.7 cm³/mol. The Morgan fingerprint density at radius 1 is 1.25 bits per heavy atom. The Hall–Kier alpha value is -1.78. The summed E-state index contributed by atoms with van der Waals surface area (Å²) in [6.07, 6.45) is 16.2. The van der Waals surface area contributed by atoms with Gasteiger partial charge in [-0.05, 0) is 19.8 Å². The van der Waals surface area contributed by atoms with Gasteiger partial charge in [-0.2, -0.15) is 0 Å². The maximum absolute atomic E-state index is 4.49. The third-order valence-corrected chi connectivity index (χ3v) is 4.12. The summed E-state index contributed by atoms with van der Waals surface area (Å²) in [4.78, 5) is 8.58. The number of aromatic nitrogens is 4. The van der Waals surface area contributed by atoms with Crippen LogP contribution >= 0.6 is 0 Å². The number of hydrogen-bond donors (Lipinski definition) is 1. The molecule has 0 spiro atoms. The van der Waals surface area contributed by atoms with Crippen LogP contribution in [0.15, 0.2) is 31.1 Å². The lowest BCUT2D eigenvalue weighted by Crippen LogP contribution is -2.25. The molecule has 1 aliphatic carbocycles. The Morgan fingerprint density at radius 3 is 2.85 bits per heavy atom. The van der Waals surface area contributed by atoms with Gasteiger partial charge in [0, 0.05) is 37.4 Å². The highest BCUT2D eigenvalue weighted by molar-refractivity contribution is 5.28. The van der Waals surface area contributed by atoms with Gasteiger partial charge in [0.15, 0.2) is 0 Å². The molecule has 1 unspecified atom stereocenters. The van der Waals surface area contributed by atoms with Crippen molar-refractivity contribution in [3.63, 3.8) is 0 Å². The van der Waals surface area contributed by atoms with Crippen LogP contribution in [0.2, 0.25) is 0 Å². The number of rotatable bonds is 5. The molecule has 20 heavy (non-hydrogen) atoms. The number of imidazole rings is 2. The lowest BCUT2D eigenvalue weighted by molar-refractivity contribution is 0.443. The summed E-state index contributed by atoms with van der Waals surface area (Å²) >= 11 is 0. The molecule has 1 atom stereocenters. The zero-order valence-corrected chi connectivity index (χ0v) is 12.1. The molecule has 2 aromatic rings. The molecule has 0 aromatic carbocycles. The van der Waals surface area contributed by atoms with Crippen LogP contribution in [0.25, 0.3) is 0 Å². The molecule has 2 aromatic heterocycles. The van der Waals surface area contributed by atoms with Gasteiger partial charge in [-0.3, -0.25) is 0 Å². The fraction of sp³-hybridized carbons (Fsp3) is 0.600. The van der Waals surface area contributed by atoms with E-state index in [-0.39, 0.29) is 0 Å². The van der Waals surface area contributed by atoms with Gasteiger partial charge in [-0.25, -0.2) is 9.97 Å². The van der Waals surface area contributed by atoms with Gasteiger partial charge in [0.25, 0.3) is 0 Å². The smallest absolute Gasteiger partial charge is 0.203 e. The van der Waals surface area contributed by atoms with Crippen molar-refractivity contribution in [3.05, 3.63) is 31.1 Å². The molecule has 0 bridgehead atoms. The molecular weight excluding hydrogens is 250 g/mol. The Bertz CT molecular complexity index is 510. The minimum absolute atomic E-state index is 0.359. The summed E-state index contributed by atoms with van der Waals surface area (Å²) in [7, 11) is 0. The van der Waals surface area contributed by atoms with Crippen molar-refractivity contribution in [3.8, 4) is 0 Å². The Kier molecular flexibility index (Phi) is 4.04. The maximum atomic E-state index is 4.49. The first-order chi connectivity index (χ1) is 9.83. The van der Waals surface area contributed by atoms with Crippen LogP contribution in [0.3, 0.4) is 0 Å². The van der Waals surface area contributed by atoms with Crippen LogP contribution < -0.4 is 5.32 Å². The van der Waals surface area contributed by atoms with Crippen molar-refractivity contribution in [2.24, 2.45) is 0 Å². The van der Waals surface area contributed by atoms with Crippen LogP contribution in [-0.2, 0) is 6.54 Å². The van der Waals surface area contributed by atoms with Crippen molar-refractivity contribution in [2.45, 2.75) is 57.7 Å². The first-order valence-corrected chi connectivity index (χ1v) is 7.58. The van der Waals surface area contributed by atoms with Gasteiger partial charge < -0.3 is 14.5 Å². The third kappa shape index (κ3) is 3.03. The molecule has 1 fully saturated rings. The molecule has 108 valence electrons. The molecule has 0 amide bonds. The summed E-state index contributed by atoms with van der Waals surface area (Å²) in [6.45, 7) is 3.13. The normalized spacial score (nSPS) is 18.1. The van der Waals surface area contributed by atoms with E-state index >= 15 is 0 Å². The molecule has 1 N–H and O–H groups in total. The molecular formula is C15H23N5. The highest BCUT2D eigenvalue weighted by Crippen LogP contribution is 2.22. The van der Waals surface area contributed by atoms with Crippen LogP contribution in [0.5, 0.6) is 0 Å². The lowest BCUT2D eigenvalue weighted by Gasteiger charge is -2.25. The van der Waals surface area contributed by atoms with Crippen LogP contribution in [0, 0.1) is 0 Å². The molecule has 1 aliphatic rings. The van der Waals surface area contributed by atoms with E-state index in [9.17, 15) is 0 Å². The zero-order valence-electron chi connectivity index (χ0n) is 12.1. The van der Waals surface area contributed by atoms with E-state index in [1.54, 1.807) is 0 Å². The van der Waals surface area contributed by atoms with E-state index in [2.05, 4.69) is 37.5 Å². The molecule has 0 saturated heterocycles. The zero-order chi connectivity index (χ0) is 13.8. The van der Waals surface area contributed by atoms with Crippen LogP contribution in [0.4, 0.5) is 5.95 Å². The second-order valence-corrected chi connectivity index (χ2v) is 5.75. The van der Waals surface area contributed by atoms with E-state index in [0.717, 1.165) is 12.5 Å². The first kappa shape index (κ1) is 13.2. The fourth-order valence-corrected chi connectivity index (χ4v) is 3.00. The SMILES string of the molecule is CC(Cn1ccnc1)n1ccnc1NC1CCCCC1. The van der Waals surface area contributed by atoms with Gasteiger partial charge in [0.1, 0.15) is 0 Å². The summed E-state index contributed by atoms with van der Waals surface area (Å²) < 4.78 is 4.34. The second-order valence-electron chi connectivity index (χ2n) is 5.75. The molecule has 3 rings (SSSR count). The number of nitrogens with zero attached hydrogens (tertiary/aromatic N) is 4. The largest absolute Gasteiger partial charge is 0.353 e. The van der Waals surface area contributed by atoms with Gasteiger partial charge in [0.2, 0.25) is 5.95 Å². The molecule has 1 saturated carbocycles. The van der Waals surface area contributed by atoms with Crippen LogP contribution in [0.1, 0.15) is 45.1 Å². The Morgan fingerprint density at radius 2 is 2.10 bits per heavy atom. The topological polar surface area (TPSA) is 47.7 Å². The fourth-order valence-electron chi connectivity index (χ4n) is 3.00. The molecule has 2 heterocycles. The number of hydrogen-bond acceptors (Lipinski definition) is 3. The third-order valence-electron chi connectivity index (χ3n) is 4.12. The summed E-state index contributed by atoms with van der Waals surface area (Å²) in [5.74, 6) is 1.00. The van der Waals surface area contributed by atoms with Gasteiger partial charge >= 0.3 is 0 Å². The second kappa shape index (κ2) is 6.11. The van der Waals surface area contributed by atoms with Crippen molar-refractivity contribution >= 4 is 5.95 Å². The van der Waals surface area contributed by atoms with E-state index in [4.69, 9.17) is 0 Å². The summed E-state index contributed by atoms with van der Waals surface area (Å²) in [6, 6.07) is 0.947. The average Bonchev–Trinajstić information content (AvgIpc) is 3.11. The van der Waals surface area contributed by atoms with Crippen molar-refractivity contribution in [1.82, 2.24) is 19.1 Å². The van der Waals surface area contributed by atoms with E-state index in [1.807, 2.05) is 24.9 Å². The highest BCUT2D eigenvalue weighted by Gasteiger charge is 2.17. The standard InChI is InChI=1S/C15H23N5/c1-13(11-19-9-7-16-12-19)20-10-8-17-15(20)18-14-5-3-2-4-6-14/h7-10,12-14H,2-6,11H2,1H3,(H,17,18).